The molecule has 0 aliphatic rings. The SMILES string of the molecule is CC(C)Oc1cc(NCCOCC(F)F)ccc1[N+](=O)[O-]. The molecule has 6 nitrogen and oxygen atoms in total. The second-order valence-electron chi connectivity index (χ2n) is 4.50. The van der Waals surface area contributed by atoms with Gasteiger partial charge in [-0.1, -0.05) is 0 Å². The Morgan fingerprint density at radius 3 is 2.67 bits per heavy atom. The molecule has 0 aromatic heterocycles. The normalized spacial score (nSPS) is 11.0. The molecular weight excluding hydrogens is 286 g/mol. The van der Waals surface area contributed by atoms with E-state index in [1.807, 2.05) is 0 Å². The lowest BCUT2D eigenvalue weighted by atomic mass is 10.2. The van der Waals surface area contributed by atoms with Gasteiger partial charge in [-0.3, -0.25) is 10.1 Å². The number of alkyl halides is 2. The van der Waals surface area contributed by atoms with Crippen molar-refractivity contribution >= 4 is 11.4 Å². The first-order chi connectivity index (χ1) is 9.90. The number of halogens is 2. The van der Waals surface area contributed by atoms with Gasteiger partial charge < -0.3 is 14.8 Å². The smallest absolute Gasteiger partial charge is 0.311 e. The van der Waals surface area contributed by atoms with E-state index in [1.54, 1.807) is 13.8 Å². The van der Waals surface area contributed by atoms with Crippen molar-refractivity contribution in [2.45, 2.75) is 26.4 Å². The molecule has 0 bridgehead atoms. The molecule has 21 heavy (non-hydrogen) atoms. The number of nitrogens with one attached hydrogen (secondary N) is 1. The molecule has 0 fully saturated rings. The van der Waals surface area contributed by atoms with Crippen LogP contribution in [0, 0.1) is 10.1 Å². The van der Waals surface area contributed by atoms with Crippen molar-refractivity contribution in [3.05, 3.63) is 28.3 Å². The quantitative estimate of drug-likeness (QED) is 0.431. The maximum Gasteiger partial charge on any atom is 0.311 e. The highest BCUT2D eigenvalue weighted by Gasteiger charge is 2.16. The Morgan fingerprint density at radius 2 is 2.10 bits per heavy atom. The third kappa shape index (κ3) is 6.35. The van der Waals surface area contributed by atoms with Crippen LogP contribution in [-0.2, 0) is 4.74 Å². The van der Waals surface area contributed by atoms with Crippen LogP contribution in [0.25, 0.3) is 0 Å². The summed E-state index contributed by atoms with van der Waals surface area (Å²) < 4.78 is 33.8. The highest BCUT2D eigenvalue weighted by atomic mass is 19.3. The van der Waals surface area contributed by atoms with Gasteiger partial charge in [0.15, 0.2) is 5.75 Å². The van der Waals surface area contributed by atoms with Crippen LogP contribution in [-0.4, -0.2) is 37.2 Å². The minimum atomic E-state index is -2.49. The first kappa shape index (κ1) is 17.1. The zero-order chi connectivity index (χ0) is 15.8. The summed E-state index contributed by atoms with van der Waals surface area (Å²) in [6.45, 7) is 3.35. The van der Waals surface area contributed by atoms with Gasteiger partial charge in [0.2, 0.25) is 0 Å². The predicted octanol–water partition coefficient (Wildman–Crippen LogP) is 3.08. The third-order valence-electron chi connectivity index (χ3n) is 2.34. The molecule has 0 aliphatic heterocycles. The van der Waals surface area contributed by atoms with Crippen LogP contribution < -0.4 is 10.1 Å². The number of rotatable bonds is 9. The number of anilines is 1. The van der Waals surface area contributed by atoms with Crippen LogP contribution in [0.5, 0.6) is 5.75 Å². The van der Waals surface area contributed by atoms with E-state index in [0.717, 1.165) is 0 Å². The summed E-state index contributed by atoms with van der Waals surface area (Å²) in [4.78, 5) is 10.4. The average Bonchev–Trinajstić information content (AvgIpc) is 2.37. The second-order valence-corrected chi connectivity index (χ2v) is 4.50. The van der Waals surface area contributed by atoms with Crippen LogP contribution in [0.2, 0.25) is 0 Å². The van der Waals surface area contributed by atoms with Gasteiger partial charge in [0, 0.05) is 24.4 Å². The summed E-state index contributed by atoms with van der Waals surface area (Å²) in [6.07, 6.45) is -2.69. The number of ether oxygens (including phenoxy) is 2. The number of nitro benzene ring substituents is 1. The van der Waals surface area contributed by atoms with Gasteiger partial charge in [0.25, 0.3) is 6.43 Å². The average molecular weight is 304 g/mol. The molecule has 0 unspecified atom stereocenters. The first-order valence-electron chi connectivity index (χ1n) is 6.45. The standard InChI is InChI=1S/C13H18F2N2O4/c1-9(2)21-12-7-10(3-4-11(12)17(18)19)16-5-6-20-8-13(14)15/h3-4,7,9,13,16H,5-6,8H2,1-2H3. The summed E-state index contributed by atoms with van der Waals surface area (Å²) in [5.41, 5.74) is 0.472. The van der Waals surface area contributed by atoms with Crippen molar-refractivity contribution in [2.75, 3.05) is 25.1 Å². The van der Waals surface area contributed by atoms with Crippen LogP contribution in [0.4, 0.5) is 20.2 Å². The monoisotopic (exact) mass is 304 g/mol. The molecule has 0 atom stereocenters. The number of nitrogens with zero attached hydrogens (tertiary/aromatic N) is 1. The highest BCUT2D eigenvalue weighted by Crippen LogP contribution is 2.30. The van der Waals surface area contributed by atoms with Crippen molar-refractivity contribution in [1.29, 1.82) is 0 Å². The lowest BCUT2D eigenvalue weighted by Gasteiger charge is -2.12. The third-order valence-corrected chi connectivity index (χ3v) is 2.34. The van der Waals surface area contributed by atoms with E-state index in [1.165, 1.54) is 18.2 Å². The largest absolute Gasteiger partial charge is 0.484 e. The van der Waals surface area contributed by atoms with Gasteiger partial charge in [-0.2, -0.15) is 0 Å². The van der Waals surface area contributed by atoms with Crippen LogP contribution in [0.15, 0.2) is 18.2 Å². The molecule has 8 heteroatoms. The van der Waals surface area contributed by atoms with Crippen molar-refractivity contribution in [1.82, 2.24) is 0 Å². The molecule has 1 N–H and O–H groups in total. The Labute approximate surface area is 121 Å². The molecule has 0 heterocycles. The van der Waals surface area contributed by atoms with Crippen molar-refractivity contribution in [2.24, 2.45) is 0 Å². The Kier molecular flexibility index (Phi) is 6.80. The number of nitro groups is 1. The zero-order valence-electron chi connectivity index (χ0n) is 11.8. The molecule has 0 saturated carbocycles. The zero-order valence-corrected chi connectivity index (χ0v) is 11.8. The van der Waals surface area contributed by atoms with Gasteiger partial charge in [0.05, 0.1) is 17.6 Å². The van der Waals surface area contributed by atoms with E-state index in [0.29, 0.717) is 12.2 Å². The van der Waals surface area contributed by atoms with Crippen molar-refractivity contribution < 1.29 is 23.2 Å². The van der Waals surface area contributed by atoms with Crippen molar-refractivity contribution in [3.8, 4) is 5.75 Å². The van der Waals surface area contributed by atoms with Gasteiger partial charge in [-0.05, 0) is 19.9 Å². The molecular formula is C13H18F2N2O4. The molecule has 0 amide bonds. The Balaban J connectivity index is 2.61. The predicted molar refractivity (Wildman–Crippen MR) is 74.2 cm³/mol. The number of hydrogen-bond donors (Lipinski definition) is 1. The molecule has 1 rings (SSSR count). The summed E-state index contributed by atoms with van der Waals surface area (Å²) in [5.74, 6) is 0.161. The Hall–Kier alpha value is -1.96. The minimum Gasteiger partial charge on any atom is -0.484 e. The summed E-state index contributed by atoms with van der Waals surface area (Å²) in [7, 11) is 0. The molecule has 0 saturated heterocycles. The van der Waals surface area contributed by atoms with Gasteiger partial charge in [-0.15, -0.1) is 0 Å². The van der Waals surface area contributed by atoms with Crippen LogP contribution in [0.1, 0.15) is 13.8 Å². The molecule has 0 spiro atoms. The van der Waals surface area contributed by atoms with E-state index < -0.39 is 18.0 Å². The highest BCUT2D eigenvalue weighted by molar-refractivity contribution is 5.58. The molecule has 0 aliphatic carbocycles. The Morgan fingerprint density at radius 1 is 1.38 bits per heavy atom. The van der Waals surface area contributed by atoms with Gasteiger partial charge in [-0.25, -0.2) is 8.78 Å². The van der Waals surface area contributed by atoms with E-state index in [2.05, 4.69) is 5.32 Å². The maximum atomic E-state index is 11.9. The van der Waals surface area contributed by atoms with Gasteiger partial charge in [0.1, 0.15) is 6.61 Å². The van der Waals surface area contributed by atoms with Crippen molar-refractivity contribution in [3.63, 3.8) is 0 Å². The summed E-state index contributed by atoms with van der Waals surface area (Å²) in [5, 5.41) is 13.8. The molecule has 118 valence electrons. The fraction of sp³-hybridized carbons (Fsp3) is 0.538. The van der Waals surface area contributed by atoms with E-state index in [9.17, 15) is 18.9 Å². The maximum absolute atomic E-state index is 11.9. The lowest BCUT2D eigenvalue weighted by Crippen LogP contribution is -2.13. The lowest BCUT2D eigenvalue weighted by molar-refractivity contribution is -0.386. The summed E-state index contributed by atoms with van der Waals surface area (Å²) >= 11 is 0. The number of benzene rings is 1. The van der Waals surface area contributed by atoms with E-state index >= 15 is 0 Å². The summed E-state index contributed by atoms with van der Waals surface area (Å²) in [6, 6.07) is 4.36. The molecule has 1 aromatic carbocycles. The van der Waals surface area contributed by atoms with Gasteiger partial charge >= 0.3 is 5.69 Å². The second kappa shape index (κ2) is 8.35. The van der Waals surface area contributed by atoms with E-state index in [-0.39, 0.29) is 24.1 Å². The Bertz CT molecular complexity index is 469. The molecule has 0 radical (unpaired) electrons. The first-order valence-corrected chi connectivity index (χ1v) is 6.45. The van der Waals surface area contributed by atoms with E-state index in [4.69, 9.17) is 9.47 Å². The fourth-order valence-corrected chi connectivity index (χ4v) is 1.56. The fourth-order valence-electron chi connectivity index (χ4n) is 1.56. The van der Waals surface area contributed by atoms with Crippen LogP contribution in [0.3, 0.4) is 0 Å². The molecule has 1 aromatic rings. The minimum absolute atomic E-state index is 0.113. The topological polar surface area (TPSA) is 73.6 Å². The number of hydrogen-bond acceptors (Lipinski definition) is 5. The van der Waals surface area contributed by atoms with Crippen LogP contribution >= 0.6 is 0 Å².